The number of para-hydroxylation sites is 1. The zero-order valence-electron chi connectivity index (χ0n) is 12.2. The van der Waals surface area contributed by atoms with Gasteiger partial charge in [0.2, 0.25) is 5.65 Å². The van der Waals surface area contributed by atoms with Crippen molar-refractivity contribution in [2.75, 3.05) is 0 Å². The summed E-state index contributed by atoms with van der Waals surface area (Å²) in [5.41, 5.74) is 3.60. The number of nitrogens with one attached hydrogen (secondary N) is 1. The molecular weight excluding hydrogens is 276 g/mol. The Morgan fingerprint density at radius 3 is 2.77 bits per heavy atom. The van der Waals surface area contributed by atoms with E-state index < -0.39 is 0 Å². The van der Waals surface area contributed by atoms with E-state index in [-0.39, 0.29) is 0 Å². The van der Waals surface area contributed by atoms with E-state index in [1.807, 2.05) is 12.1 Å². The van der Waals surface area contributed by atoms with Crippen molar-refractivity contribution in [1.82, 2.24) is 30.2 Å². The van der Waals surface area contributed by atoms with Gasteiger partial charge in [0, 0.05) is 10.9 Å². The van der Waals surface area contributed by atoms with E-state index in [0.29, 0.717) is 11.7 Å². The highest BCUT2D eigenvalue weighted by molar-refractivity contribution is 6.14. The summed E-state index contributed by atoms with van der Waals surface area (Å²) in [6.07, 6.45) is 6.18. The van der Waals surface area contributed by atoms with E-state index in [1.54, 1.807) is 0 Å². The summed E-state index contributed by atoms with van der Waals surface area (Å²) in [7, 11) is 0. The molecule has 0 saturated heterocycles. The number of H-pyrrole nitrogens is 1. The highest BCUT2D eigenvalue weighted by Crippen LogP contribution is 2.33. The maximum absolute atomic E-state index is 4.42. The Labute approximate surface area is 126 Å². The van der Waals surface area contributed by atoms with Gasteiger partial charge >= 0.3 is 0 Å². The Morgan fingerprint density at radius 1 is 1.00 bits per heavy atom. The molecule has 1 N–H and O–H groups in total. The second-order valence-electron chi connectivity index (χ2n) is 6.09. The lowest BCUT2D eigenvalue weighted by Gasteiger charge is -2.23. The van der Waals surface area contributed by atoms with E-state index in [0.717, 1.165) is 40.3 Å². The zero-order chi connectivity index (χ0) is 14.5. The van der Waals surface area contributed by atoms with Gasteiger partial charge in [-0.1, -0.05) is 42.7 Å². The zero-order valence-corrected chi connectivity index (χ0v) is 12.2. The number of hydrogen-bond donors (Lipinski definition) is 1. The summed E-state index contributed by atoms with van der Waals surface area (Å²) >= 11 is 0. The molecule has 0 amide bonds. The van der Waals surface area contributed by atoms with Gasteiger partial charge in [-0.3, -0.25) is 0 Å². The van der Waals surface area contributed by atoms with Gasteiger partial charge in [-0.2, -0.15) is 0 Å². The lowest BCUT2D eigenvalue weighted by Crippen LogP contribution is -2.18. The number of pyridine rings is 1. The van der Waals surface area contributed by atoms with E-state index in [9.17, 15) is 0 Å². The van der Waals surface area contributed by atoms with Crippen LogP contribution in [0, 0.1) is 0 Å². The number of rotatable bonds is 1. The maximum atomic E-state index is 4.42. The van der Waals surface area contributed by atoms with Crippen molar-refractivity contribution in [3.63, 3.8) is 0 Å². The van der Waals surface area contributed by atoms with Crippen molar-refractivity contribution in [3.8, 4) is 0 Å². The number of aromatic amines is 1. The first-order chi connectivity index (χ1) is 10.9. The molecule has 22 heavy (non-hydrogen) atoms. The van der Waals surface area contributed by atoms with Crippen LogP contribution in [0.1, 0.15) is 38.1 Å². The topological polar surface area (TPSA) is 72.3 Å². The molecule has 0 spiro atoms. The molecule has 1 aliphatic rings. The average molecular weight is 292 g/mol. The molecule has 1 aromatic carbocycles. The standard InChI is InChI=1S/C16H16N6/c1-2-6-10(7-3-1)22-16-13-14(18-19-15(13)20-21-22)11-8-4-5-9-12(11)17-16/h4-5,8-10,17H,1-3,6-7H2. The van der Waals surface area contributed by atoms with Crippen molar-refractivity contribution in [1.29, 1.82) is 0 Å². The quantitative estimate of drug-likeness (QED) is 0.546. The minimum atomic E-state index is 0.418. The summed E-state index contributed by atoms with van der Waals surface area (Å²) in [5.74, 6) is 0. The first-order valence-corrected chi connectivity index (χ1v) is 7.90. The Morgan fingerprint density at radius 2 is 1.86 bits per heavy atom. The third-order valence-corrected chi connectivity index (χ3v) is 4.76. The monoisotopic (exact) mass is 292 g/mol. The number of fused-ring (bicyclic) bond motifs is 2. The van der Waals surface area contributed by atoms with Crippen LogP contribution < -0.4 is 0 Å². The molecular formula is C16H16N6. The van der Waals surface area contributed by atoms with Gasteiger partial charge in [0.15, 0.2) is 0 Å². The summed E-state index contributed by atoms with van der Waals surface area (Å²) in [5, 5.41) is 19.3. The highest BCUT2D eigenvalue weighted by Gasteiger charge is 2.21. The van der Waals surface area contributed by atoms with Gasteiger partial charge in [0.05, 0.1) is 11.4 Å². The molecule has 6 heteroatoms. The number of nitrogens with zero attached hydrogens (tertiary/aromatic N) is 5. The second kappa shape index (κ2) is 4.50. The molecule has 0 radical (unpaired) electrons. The normalized spacial score (nSPS) is 16.9. The van der Waals surface area contributed by atoms with Crippen LogP contribution >= 0.6 is 0 Å². The SMILES string of the molecule is c1ccc2c(c1)[nH]c1c3c(nnc23)nnn1C1CCCCC1. The number of benzene rings is 1. The first kappa shape index (κ1) is 12.1. The molecule has 0 bridgehead atoms. The third kappa shape index (κ3) is 1.60. The van der Waals surface area contributed by atoms with Crippen LogP contribution in [0.5, 0.6) is 0 Å². The molecule has 1 aliphatic carbocycles. The van der Waals surface area contributed by atoms with Gasteiger partial charge in [-0.25, -0.2) is 4.68 Å². The second-order valence-corrected chi connectivity index (χ2v) is 6.09. The fraction of sp³-hybridized carbons (Fsp3) is 0.375. The van der Waals surface area contributed by atoms with Crippen LogP contribution in [0.4, 0.5) is 0 Å². The molecule has 3 heterocycles. The van der Waals surface area contributed by atoms with E-state index >= 15 is 0 Å². The van der Waals surface area contributed by atoms with Crippen LogP contribution in [0.2, 0.25) is 0 Å². The van der Waals surface area contributed by atoms with Crippen molar-refractivity contribution in [2.24, 2.45) is 0 Å². The number of aromatic nitrogens is 6. The molecule has 110 valence electrons. The van der Waals surface area contributed by atoms with Gasteiger partial charge in [0.1, 0.15) is 11.2 Å². The summed E-state index contributed by atoms with van der Waals surface area (Å²) in [4.78, 5) is 3.54. The van der Waals surface area contributed by atoms with Crippen molar-refractivity contribution in [2.45, 2.75) is 38.1 Å². The van der Waals surface area contributed by atoms with E-state index in [4.69, 9.17) is 0 Å². The predicted octanol–water partition coefficient (Wildman–Crippen LogP) is 3.36. The van der Waals surface area contributed by atoms with Gasteiger partial charge in [-0.15, -0.1) is 15.3 Å². The molecule has 3 aromatic heterocycles. The fourth-order valence-electron chi connectivity index (χ4n) is 3.66. The van der Waals surface area contributed by atoms with E-state index in [2.05, 4.69) is 42.3 Å². The largest absolute Gasteiger partial charge is 0.339 e. The maximum Gasteiger partial charge on any atom is 0.211 e. The molecule has 0 atom stereocenters. The first-order valence-electron chi connectivity index (χ1n) is 7.90. The van der Waals surface area contributed by atoms with Crippen molar-refractivity contribution in [3.05, 3.63) is 24.3 Å². The average Bonchev–Trinajstić information content (AvgIpc) is 3.02. The molecule has 1 saturated carbocycles. The molecule has 5 rings (SSSR count). The Kier molecular flexibility index (Phi) is 2.47. The molecule has 1 fully saturated rings. The minimum Gasteiger partial charge on any atom is -0.339 e. The summed E-state index contributed by atoms with van der Waals surface area (Å²) < 4.78 is 2.06. The van der Waals surface area contributed by atoms with Crippen LogP contribution in [0.25, 0.3) is 33.1 Å². The third-order valence-electron chi connectivity index (χ3n) is 4.76. The lowest BCUT2D eigenvalue weighted by atomic mass is 9.95. The fourth-order valence-corrected chi connectivity index (χ4v) is 3.66. The molecule has 6 nitrogen and oxygen atoms in total. The van der Waals surface area contributed by atoms with Gasteiger partial charge in [0.25, 0.3) is 0 Å². The van der Waals surface area contributed by atoms with E-state index in [1.165, 1.54) is 19.3 Å². The van der Waals surface area contributed by atoms with Gasteiger partial charge < -0.3 is 4.98 Å². The smallest absolute Gasteiger partial charge is 0.211 e. The van der Waals surface area contributed by atoms with Crippen LogP contribution in [0.3, 0.4) is 0 Å². The summed E-state index contributed by atoms with van der Waals surface area (Å²) in [6, 6.07) is 8.62. The molecule has 4 aromatic rings. The van der Waals surface area contributed by atoms with Crippen LogP contribution in [0.15, 0.2) is 24.3 Å². The van der Waals surface area contributed by atoms with Crippen LogP contribution in [-0.4, -0.2) is 30.2 Å². The summed E-state index contributed by atoms with van der Waals surface area (Å²) in [6.45, 7) is 0. The Balaban J connectivity index is 1.88. The van der Waals surface area contributed by atoms with Crippen molar-refractivity contribution < 1.29 is 0 Å². The Bertz CT molecular complexity index is 976. The number of hydrogen-bond acceptors (Lipinski definition) is 4. The molecule has 0 aliphatic heterocycles. The highest BCUT2D eigenvalue weighted by atomic mass is 15.4. The lowest BCUT2D eigenvalue weighted by molar-refractivity contribution is 0.326. The predicted molar refractivity (Wildman–Crippen MR) is 84.6 cm³/mol. The van der Waals surface area contributed by atoms with Crippen molar-refractivity contribution >= 4 is 33.1 Å². The Hall–Kier alpha value is -2.50. The molecule has 0 unspecified atom stereocenters. The minimum absolute atomic E-state index is 0.418. The van der Waals surface area contributed by atoms with Gasteiger partial charge in [-0.05, 0) is 18.9 Å². The van der Waals surface area contributed by atoms with Crippen LogP contribution in [-0.2, 0) is 0 Å².